The topological polar surface area (TPSA) is 77.0 Å². The summed E-state index contributed by atoms with van der Waals surface area (Å²) in [5, 5.41) is 3.77. The summed E-state index contributed by atoms with van der Waals surface area (Å²) in [5.41, 5.74) is 2.81. The third-order valence-electron chi connectivity index (χ3n) is 2.06. The second kappa shape index (κ2) is 8.31. The van der Waals surface area contributed by atoms with Crippen molar-refractivity contribution in [2.24, 2.45) is 5.10 Å². The monoisotopic (exact) mass is 342 g/mol. The molecule has 0 aromatic heterocycles. The Morgan fingerprint density at radius 3 is 2.30 bits per heavy atom. The van der Waals surface area contributed by atoms with Crippen molar-refractivity contribution in [3.63, 3.8) is 0 Å². The van der Waals surface area contributed by atoms with E-state index in [0.717, 1.165) is 4.47 Å². The lowest BCUT2D eigenvalue weighted by molar-refractivity contribution is -0.140. The van der Waals surface area contributed by atoms with Gasteiger partial charge in [-0.3, -0.25) is 5.43 Å². The fourth-order valence-electron chi connectivity index (χ4n) is 1.25. The molecule has 0 aliphatic rings. The molecule has 6 nitrogen and oxygen atoms in total. The highest BCUT2D eigenvalue weighted by molar-refractivity contribution is 9.10. The largest absolute Gasteiger partial charge is 0.461 e. The number of carbonyl (C=O) groups is 2. The number of nitrogens with one attached hydrogen (secondary N) is 1. The molecular formula is C13H15BrN2O4. The first-order chi connectivity index (χ1) is 9.58. The molecule has 0 fully saturated rings. The molecule has 1 rings (SSSR count). The molecule has 0 aliphatic carbocycles. The minimum Gasteiger partial charge on any atom is -0.461 e. The molecule has 0 radical (unpaired) electrons. The number of anilines is 1. The van der Waals surface area contributed by atoms with Crippen LogP contribution in [0.25, 0.3) is 0 Å². The Kier molecular flexibility index (Phi) is 6.72. The number of rotatable bonds is 6. The zero-order valence-corrected chi connectivity index (χ0v) is 12.8. The van der Waals surface area contributed by atoms with Crippen LogP contribution >= 0.6 is 15.9 Å². The highest BCUT2D eigenvalue weighted by Crippen LogP contribution is 2.15. The minimum atomic E-state index is -0.826. The van der Waals surface area contributed by atoms with Crippen molar-refractivity contribution >= 4 is 39.3 Å². The number of benzene rings is 1. The highest BCUT2D eigenvalue weighted by atomic mass is 79.9. The summed E-state index contributed by atoms with van der Waals surface area (Å²) < 4.78 is 10.4. The first-order valence-corrected chi connectivity index (χ1v) is 6.81. The summed E-state index contributed by atoms with van der Waals surface area (Å²) in [6.45, 7) is 3.58. The molecular weight excluding hydrogens is 328 g/mol. The van der Waals surface area contributed by atoms with Crippen LogP contribution in [0.4, 0.5) is 5.69 Å². The van der Waals surface area contributed by atoms with Gasteiger partial charge in [-0.2, -0.15) is 5.10 Å². The summed E-state index contributed by atoms with van der Waals surface area (Å²) in [6, 6.07) is 7.11. The Morgan fingerprint density at radius 2 is 1.80 bits per heavy atom. The molecule has 0 saturated carbocycles. The summed E-state index contributed by atoms with van der Waals surface area (Å²) >= 11 is 3.31. The predicted octanol–water partition coefficient (Wildman–Crippen LogP) is 2.34. The number of hydrogen-bond donors (Lipinski definition) is 1. The average Bonchev–Trinajstić information content (AvgIpc) is 2.39. The third kappa shape index (κ3) is 5.00. The van der Waals surface area contributed by atoms with Gasteiger partial charge in [-0.25, -0.2) is 9.59 Å². The zero-order chi connectivity index (χ0) is 15.0. The second-order valence-electron chi connectivity index (χ2n) is 3.52. The van der Waals surface area contributed by atoms with Crippen LogP contribution in [0.5, 0.6) is 0 Å². The van der Waals surface area contributed by atoms with Gasteiger partial charge in [0.05, 0.1) is 18.9 Å². The predicted molar refractivity (Wildman–Crippen MR) is 78.5 cm³/mol. The molecule has 1 aromatic carbocycles. The highest BCUT2D eigenvalue weighted by Gasteiger charge is 2.23. The van der Waals surface area contributed by atoms with E-state index in [1.165, 1.54) is 0 Å². The first kappa shape index (κ1) is 16.2. The van der Waals surface area contributed by atoms with Gasteiger partial charge in [-0.15, -0.1) is 0 Å². The normalized spacial score (nSPS) is 9.55. The van der Waals surface area contributed by atoms with Crippen LogP contribution in [0.2, 0.25) is 0 Å². The molecule has 0 amide bonds. The van der Waals surface area contributed by atoms with E-state index < -0.39 is 17.7 Å². The SMILES string of the molecule is CCOC(=O)C(=NNc1cccc(Br)c1)C(=O)OCC. The van der Waals surface area contributed by atoms with Crippen molar-refractivity contribution < 1.29 is 19.1 Å². The van der Waals surface area contributed by atoms with E-state index in [2.05, 4.69) is 26.5 Å². The molecule has 0 atom stereocenters. The van der Waals surface area contributed by atoms with Crippen LogP contribution in [0.3, 0.4) is 0 Å². The lowest BCUT2D eigenvalue weighted by Gasteiger charge is -2.06. The maximum Gasteiger partial charge on any atom is 0.366 e. The number of hydrazone groups is 1. The lowest BCUT2D eigenvalue weighted by atomic mass is 10.3. The van der Waals surface area contributed by atoms with Gasteiger partial charge in [0, 0.05) is 4.47 Å². The summed E-state index contributed by atoms with van der Waals surface area (Å²) in [7, 11) is 0. The molecule has 0 heterocycles. The minimum absolute atomic E-state index is 0.147. The van der Waals surface area contributed by atoms with Crippen LogP contribution in [-0.4, -0.2) is 30.9 Å². The van der Waals surface area contributed by atoms with E-state index >= 15 is 0 Å². The maximum atomic E-state index is 11.6. The number of halogens is 1. The Balaban J connectivity index is 2.89. The van der Waals surface area contributed by atoms with Crippen molar-refractivity contribution in [1.29, 1.82) is 0 Å². The van der Waals surface area contributed by atoms with Crippen molar-refractivity contribution in [3.8, 4) is 0 Å². The number of ether oxygens (including phenoxy) is 2. The number of hydrogen-bond acceptors (Lipinski definition) is 6. The molecule has 0 unspecified atom stereocenters. The van der Waals surface area contributed by atoms with E-state index in [0.29, 0.717) is 5.69 Å². The zero-order valence-electron chi connectivity index (χ0n) is 11.2. The van der Waals surface area contributed by atoms with E-state index in [9.17, 15) is 9.59 Å². The van der Waals surface area contributed by atoms with Gasteiger partial charge < -0.3 is 9.47 Å². The van der Waals surface area contributed by atoms with E-state index in [4.69, 9.17) is 9.47 Å². The Hall–Kier alpha value is -1.89. The van der Waals surface area contributed by atoms with Gasteiger partial charge in [0.25, 0.3) is 5.71 Å². The fourth-order valence-corrected chi connectivity index (χ4v) is 1.65. The van der Waals surface area contributed by atoms with Gasteiger partial charge in [0.15, 0.2) is 0 Å². The summed E-state index contributed by atoms with van der Waals surface area (Å²) in [6.07, 6.45) is 0. The van der Waals surface area contributed by atoms with Crippen LogP contribution < -0.4 is 5.43 Å². The molecule has 1 N–H and O–H groups in total. The maximum absolute atomic E-state index is 11.6. The number of carbonyl (C=O) groups excluding carboxylic acids is 2. The van der Waals surface area contributed by atoms with Crippen molar-refractivity contribution in [1.82, 2.24) is 0 Å². The summed E-state index contributed by atoms with van der Waals surface area (Å²) in [5.74, 6) is -1.65. The van der Waals surface area contributed by atoms with Gasteiger partial charge in [-0.05, 0) is 32.0 Å². The smallest absolute Gasteiger partial charge is 0.366 e. The Morgan fingerprint density at radius 1 is 1.20 bits per heavy atom. The van der Waals surface area contributed by atoms with Gasteiger partial charge >= 0.3 is 11.9 Å². The molecule has 1 aromatic rings. The molecule has 0 bridgehead atoms. The van der Waals surface area contributed by atoms with E-state index in [1.807, 2.05) is 6.07 Å². The molecule has 0 aliphatic heterocycles. The summed E-state index contributed by atoms with van der Waals surface area (Å²) in [4.78, 5) is 23.3. The molecule has 20 heavy (non-hydrogen) atoms. The third-order valence-corrected chi connectivity index (χ3v) is 2.55. The van der Waals surface area contributed by atoms with E-state index in [-0.39, 0.29) is 13.2 Å². The molecule has 7 heteroatoms. The van der Waals surface area contributed by atoms with Gasteiger partial charge in [0.1, 0.15) is 0 Å². The average molecular weight is 343 g/mol. The molecule has 0 saturated heterocycles. The fraction of sp³-hybridized carbons (Fsp3) is 0.308. The van der Waals surface area contributed by atoms with Gasteiger partial charge in [0.2, 0.25) is 0 Å². The van der Waals surface area contributed by atoms with Crippen molar-refractivity contribution in [3.05, 3.63) is 28.7 Å². The van der Waals surface area contributed by atoms with E-state index in [1.54, 1.807) is 32.0 Å². The van der Waals surface area contributed by atoms with Crippen LogP contribution in [-0.2, 0) is 19.1 Å². The molecule has 0 spiro atoms. The van der Waals surface area contributed by atoms with Crippen LogP contribution in [0, 0.1) is 0 Å². The lowest BCUT2D eigenvalue weighted by Crippen LogP contribution is -2.29. The van der Waals surface area contributed by atoms with Crippen molar-refractivity contribution in [2.45, 2.75) is 13.8 Å². The van der Waals surface area contributed by atoms with Crippen molar-refractivity contribution in [2.75, 3.05) is 18.6 Å². The van der Waals surface area contributed by atoms with Gasteiger partial charge in [-0.1, -0.05) is 22.0 Å². The Labute approximate surface area is 125 Å². The standard InChI is InChI=1S/C13H15BrN2O4/c1-3-19-12(17)11(13(18)20-4-2)16-15-10-7-5-6-9(14)8-10/h5-8,15H,3-4H2,1-2H3. The first-order valence-electron chi connectivity index (χ1n) is 6.02. The van der Waals surface area contributed by atoms with Crippen LogP contribution in [0.1, 0.15) is 13.8 Å². The quantitative estimate of drug-likeness (QED) is 0.371. The second-order valence-corrected chi connectivity index (χ2v) is 4.44. The van der Waals surface area contributed by atoms with Crippen LogP contribution in [0.15, 0.2) is 33.8 Å². The number of esters is 2. The molecule has 108 valence electrons. The number of nitrogens with zero attached hydrogens (tertiary/aromatic N) is 1. The Bertz CT molecular complexity index is 497.